The van der Waals surface area contributed by atoms with Crippen LogP contribution in [0, 0.1) is 0 Å². The van der Waals surface area contributed by atoms with Crippen molar-refractivity contribution in [1.29, 1.82) is 0 Å². The van der Waals surface area contributed by atoms with Crippen LogP contribution in [0.2, 0.25) is 0 Å². The van der Waals surface area contributed by atoms with Gasteiger partial charge < -0.3 is 9.84 Å². The third-order valence-electron chi connectivity index (χ3n) is 2.57. The van der Waals surface area contributed by atoms with Gasteiger partial charge in [0, 0.05) is 13.5 Å². The summed E-state index contributed by atoms with van der Waals surface area (Å²) in [5, 5.41) is 9.92. The Labute approximate surface area is 91.2 Å². The summed E-state index contributed by atoms with van der Waals surface area (Å²) in [5.74, 6) is 0. The predicted octanol–water partition coefficient (Wildman–Crippen LogP) is 2.70. The largest absolute Gasteiger partial charge is 0.388 e. The summed E-state index contributed by atoms with van der Waals surface area (Å²) in [4.78, 5) is 0. The second-order valence-corrected chi connectivity index (χ2v) is 3.67. The quantitative estimate of drug-likeness (QED) is 0.750. The van der Waals surface area contributed by atoms with Gasteiger partial charge in [-0.25, -0.2) is 0 Å². The summed E-state index contributed by atoms with van der Waals surface area (Å²) in [7, 11) is 1.64. The van der Waals surface area contributed by atoms with Crippen molar-refractivity contribution in [2.24, 2.45) is 0 Å². The molecule has 2 nitrogen and oxygen atoms in total. The highest BCUT2D eigenvalue weighted by Crippen LogP contribution is 2.22. The molecule has 0 heterocycles. The van der Waals surface area contributed by atoms with Crippen molar-refractivity contribution >= 4 is 0 Å². The van der Waals surface area contributed by atoms with Crippen molar-refractivity contribution in [3.63, 3.8) is 0 Å². The molecule has 0 saturated carbocycles. The summed E-state index contributed by atoms with van der Waals surface area (Å²) in [5.41, 5.74) is 1.83. The van der Waals surface area contributed by atoms with Crippen LogP contribution in [0.25, 0.3) is 0 Å². The van der Waals surface area contributed by atoms with E-state index in [1.807, 2.05) is 37.3 Å². The zero-order valence-corrected chi connectivity index (χ0v) is 9.31. The molecule has 0 aliphatic heterocycles. The molecule has 0 spiro atoms. The lowest BCUT2D eigenvalue weighted by Crippen LogP contribution is -2.11. The maximum atomic E-state index is 9.92. The number of rotatable bonds is 5. The SMILES string of the molecule is C=C(C[C@H](O)c1ccccc1)[C@@H](C)OC. The molecule has 0 radical (unpaired) electrons. The van der Waals surface area contributed by atoms with E-state index in [1.165, 1.54) is 0 Å². The van der Waals surface area contributed by atoms with Gasteiger partial charge in [-0.05, 0) is 18.1 Å². The highest BCUT2D eigenvalue weighted by Gasteiger charge is 2.12. The highest BCUT2D eigenvalue weighted by molar-refractivity contribution is 5.19. The topological polar surface area (TPSA) is 29.5 Å². The van der Waals surface area contributed by atoms with Crippen LogP contribution in [0.15, 0.2) is 42.5 Å². The Morgan fingerprint density at radius 3 is 2.53 bits per heavy atom. The van der Waals surface area contributed by atoms with E-state index in [0.29, 0.717) is 6.42 Å². The molecular formula is C13H18O2. The number of hydrogen-bond donors (Lipinski definition) is 1. The Bertz CT molecular complexity index is 306. The zero-order chi connectivity index (χ0) is 11.3. The first-order valence-electron chi connectivity index (χ1n) is 5.08. The molecule has 15 heavy (non-hydrogen) atoms. The highest BCUT2D eigenvalue weighted by atomic mass is 16.5. The molecular weight excluding hydrogens is 188 g/mol. The monoisotopic (exact) mass is 206 g/mol. The van der Waals surface area contributed by atoms with Crippen LogP contribution in [-0.4, -0.2) is 18.3 Å². The lowest BCUT2D eigenvalue weighted by molar-refractivity contribution is 0.125. The first-order chi connectivity index (χ1) is 7.15. The normalized spacial score (nSPS) is 14.6. The third kappa shape index (κ3) is 3.50. The van der Waals surface area contributed by atoms with Gasteiger partial charge in [-0.15, -0.1) is 0 Å². The Hall–Kier alpha value is -1.12. The van der Waals surface area contributed by atoms with Crippen LogP contribution in [0.5, 0.6) is 0 Å². The number of hydrogen-bond acceptors (Lipinski definition) is 2. The smallest absolute Gasteiger partial charge is 0.0828 e. The van der Waals surface area contributed by atoms with Crippen molar-refractivity contribution in [2.45, 2.75) is 25.6 Å². The molecule has 0 amide bonds. The van der Waals surface area contributed by atoms with E-state index in [0.717, 1.165) is 11.1 Å². The van der Waals surface area contributed by atoms with Gasteiger partial charge in [0.15, 0.2) is 0 Å². The van der Waals surface area contributed by atoms with Gasteiger partial charge in [0.1, 0.15) is 0 Å². The maximum Gasteiger partial charge on any atom is 0.0828 e. The van der Waals surface area contributed by atoms with E-state index < -0.39 is 6.10 Å². The van der Waals surface area contributed by atoms with Crippen LogP contribution in [0.1, 0.15) is 25.0 Å². The number of methoxy groups -OCH3 is 1. The molecule has 2 heteroatoms. The minimum absolute atomic E-state index is 0.0108. The zero-order valence-electron chi connectivity index (χ0n) is 9.31. The van der Waals surface area contributed by atoms with Crippen molar-refractivity contribution in [3.05, 3.63) is 48.0 Å². The van der Waals surface area contributed by atoms with Gasteiger partial charge in [-0.3, -0.25) is 0 Å². The van der Waals surface area contributed by atoms with Crippen molar-refractivity contribution in [2.75, 3.05) is 7.11 Å². The fourth-order valence-electron chi connectivity index (χ4n) is 1.37. The molecule has 1 aromatic carbocycles. The Balaban J connectivity index is 2.56. The number of aliphatic hydroxyl groups excluding tert-OH is 1. The van der Waals surface area contributed by atoms with E-state index in [9.17, 15) is 5.11 Å². The molecule has 1 N–H and O–H groups in total. The van der Waals surface area contributed by atoms with Gasteiger partial charge in [0.05, 0.1) is 12.2 Å². The van der Waals surface area contributed by atoms with Crippen LogP contribution in [-0.2, 0) is 4.74 Å². The fourth-order valence-corrected chi connectivity index (χ4v) is 1.37. The molecule has 1 rings (SSSR count). The lowest BCUT2D eigenvalue weighted by atomic mass is 10.00. The number of aliphatic hydroxyl groups is 1. The van der Waals surface area contributed by atoms with Crippen molar-refractivity contribution in [1.82, 2.24) is 0 Å². The van der Waals surface area contributed by atoms with Crippen LogP contribution < -0.4 is 0 Å². The fraction of sp³-hybridized carbons (Fsp3) is 0.385. The Morgan fingerprint density at radius 1 is 1.40 bits per heavy atom. The molecule has 0 bridgehead atoms. The summed E-state index contributed by atoms with van der Waals surface area (Å²) < 4.78 is 5.14. The predicted molar refractivity (Wildman–Crippen MR) is 61.6 cm³/mol. The summed E-state index contributed by atoms with van der Waals surface area (Å²) in [6.45, 7) is 5.84. The molecule has 0 aliphatic carbocycles. The Morgan fingerprint density at radius 2 is 2.00 bits per heavy atom. The first-order valence-corrected chi connectivity index (χ1v) is 5.08. The van der Waals surface area contributed by atoms with Crippen molar-refractivity contribution in [3.8, 4) is 0 Å². The number of benzene rings is 1. The first kappa shape index (κ1) is 12.0. The lowest BCUT2D eigenvalue weighted by Gasteiger charge is -2.17. The Kier molecular flexibility index (Phi) is 4.53. The second-order valence-electron chi connectivity index (χ2n) is 3.67. The second kappa shape index (κ2) is 5.69. The average molecular weight is 206 g/mol. The molecule has 0 saturated heterocycles. The van der Waals surface area contributed by atoms with Crippen molar-refractivity contribution < 1.29 is 9.84 Å². The molecule has 82 valence electrons. The van der Waals surface area contributed by atoms with Gasteiger partial charge in [-0.2, -0.15) is 0 Å². The van der Waals surface area contributed by atoms with E-state index in [4.69, 9.17) is 4.74 Å². The average Bonchev–Trinajstić information content (AvgIpc) is 2.29. The standard InChI is InChI=1S/C13H18O2/c1-10(11(2)15-3)9-13(14)12-7-5-4-6-8-12/h4-8,11,13-14H,1,9H2,2-3H3/t11-,13+/m1/s1. The summed E-state index contributed by atoms with van der Waals surface area (Å²) >= 11 is 0. The van der Waals surface area contributed by atoms with Gasteiger partial charge >= 0.3 is 0 Å². The molecule has 0 unspecified atom stereocenters. The summed E-state index contributed by atoms with van der Waals surface area (Å²) in [6, 6.07) is 9.59. The van der Waals surface area contributed by atoms with E-state index in [-0.39, 0.29) is 6.10 Å². The number of ether oxygens (including phenoxy) is 1. The van der Waals surface area contributed by atoms with E-state index in [2.05, 4.69) is 6.58 Å². The van der Waals surface area contributed by atoms with Crippen LogP contribution in [0.3, 0.4) is 0 Å². The van der Waals surface area contributed by atoms with Gasteiger partial charge in [0.25, 0.3) is 0 Å². The van der Waals surface area contributed by atoms with E-state index >= 15 is 0 Å². The molecule has 0 aromatic heterocycles. The molecule has 2 atom stereocenters. The molecule has 0 fully saturated rings. The minimum atomic E-state index is -0.490. The molecule has 1 aromatic rings. The van der Waals surface area contributed by atoms with Gasteiger partial charge in [-0.1, -0.05) is 36.9 Å². The van der Waals surface area contributed by atoms with E-state index in [1.54, 1.807) is 7.11 Å². The van der Waals surface area contributed by atoms with Crippen LogP contribution >= 0.6 is 0 Å². The van der Waals surface area contributed by atoms with Gasteiger partial charge in [0.2, 0.25) is 0 Å². The minimum Gasteiger partial charge on any atom is -0.388 e. The third-order valence-corrected chi connectivity index (χ3v) is 2.57. The maximum absolute atomic E-state index is 9.92. The summed E-state index contributed by atoms with van der Waals surface area (Å²) in [6.07, 6.45) is 0.0404. The van der Waals surface area contributed by atoms with Crippen LogP contribution in [0.4, 0.5) is 0 Å². The molecule has 0 aliphatic rings.